The first-order chi connectivity index (χ1) is 9.66. The van der Waals surface area contributed by atoms with Gasteiger partial charge in [0.2, 0.25) is 0 Å². The highest BCUT2D eigenvalue weighted by atomic mass is 16.5. The molecule has 0 aromatic rings. The summed E-state index contributed by atoms with van der Waals surface area (Å²) in [7, 11) is 0. The largest absolute Gasteiger partial charge is 0.453 e. The van der Waals surface area contributed by atoms with Gasteiger partial charge < -0.3 is 9.84 Å². The number of hydrogen-bond donors (Lipinski definition) is 1. The van der Waals surface area contributed by atoms with Gasteiger partial charge in [-0.3, -0.25) is 4.79 Å². The van der Waals surface area contributed by atoms with Crippen LogP contribution in [-0.2, 0) is 9.53 Å². The Hall–Kier alpha value is -1.01. The van der Waals surface area contributed by atoms with Crippen molar-refractivity contribution in [1.29, 1.82) is 0 Å². The van der Waals surface area contributed by atoms with Crippen LogP contribution >= 0.6 is 0 Å². The first-order valence-electron chi connectivity index (χ1n) is 7.96. The van der Waals surface area contributed by atoms with Crippen molar-refractivity contribution in [2.75, 3.05) is 6.61 Å². The summed E-state index contributed by atoms with van der Waals surface area (Å²) in [6.45, 7) is 3.66. The van der Waals surface area contributed by atoms with Crippen LogP contribution in [-0.4, -0.2) is 23.8 Å². The minimum atomic E-state index is -0.588. The Labute approximate surface area is 124 Å². The van der Waals surface area contributed by atoms with E-state index in [1.165, 1.54) is 51.9 Å². The van der Waals surface area contributed by atoms with Gasteiger partial charge >= 0.3 is 5.97 Å². The van der Waals surface area contributed by atoms with E-state index < -0.39 is 6.10 Å². The van der Waals surface area contributed by atoms with Gasteiger partial charge in [0.05, 0.1) is 0 Å². The molecule has 116 valence electrons. The molecular formula is C17H30O3. The summed E-state index contributed by atoms with van der Waals surface area (Å²) < 4.78 is 4.67. The molecule has 0 spiro atoms. The van der Waals surface area contributed by atoms with Crippen molar-refractivity contribution in [2.45, 2.75) is 84.2 Å². The molecule has 0 saturated heterocycles. The first-order valence-corrected chi connectivity index (χ1v) is 7.96. The van der Waals surface area contributed by atoms with E-state index in [2.05, 4.69) is 23.5 Å². The van der Waals surface area contributed by atoms with Crippen LogP contribution in [0.3, 0.4) is 0 Å². The fourth-order valence-electron chi connectivity index (χ4n) is 2.02. The molecule has 0 amide bonds. The minimum absolute atomic E-state index is 0.0736. The van der Waals surface area contributed by atoms with Crippen LogP contribution in [0.5, 0.6) is 0 Å². The summed E-state index contributed by atoms with van der Waals surface area (Å²) >= 11 is 0. The van der Waals surface area contributed by atoms with Gasteiger partial charge in [-0.2, -0.15) is 0 Å². The van der Waals surface area contributed by atoms with Crippen LogP contribution in [0.1, 0.15) is 78.1 Å². The summed E-state index contributed by atoms with van der Waals surface area (Å²) in [4.78, 5) is 10.5. The predicted molar refractivity (Wildman–Crippen MR) is 82.3 cm³/mol. The van der Waals surface area contributed by atoms with Gasteiger partial charge in [-0.05, 0) is 12.8 Å². The number of aliphatic hydroxyl groups is 1. The quantitative estimate of drug-likeness (QED) is 0.356. The molecule has 0 rings (SSSR count). The van der Waals surface area contributed by atoms with Crippen molar-refractivity contribution < 1.29 is 14.6 Å². The second-order valence-corrected chi connectivity index (χ2v) is 5.23. The van der Waals surface area contributed by atoms with Crippen LogP contribution in [0.25, 0.3) is 0 Å². The lowest BCUT2D eigenvalue weighted by atomic mass is 10.1. The van der Waals surface area contributed by atoms with Crippen molar-refractivity contribution in [1.82, 2.24) is 0 Å². The van der Waals surface area contributed by atoms with E-state index in [4.69, 9.17) is 0 Å². The Morgan fingerprint density at radius 1 is 1.05 bits per heavy atom. The average molecular weight is 282 g/mol. The normalized spacial score (nSPS) is 11.6. The topological polar surface area (TPSA) is 46.5 Å². The summed E-state index contributed by atoms with van der Waals surface area (Å²) in [6, 6.07) is 0. The molecule has 0 aromatic heterocycles. The number of rotatable bonds is 11. The summed E-state index contributed by atoms with van der Waals surface area (Å²) in [5.74, 6) is 5.01. The lowest BCUT2D eigenvalue weighted by molar-refractivity contribution is -0.139. The Balaban J connectivity index is 3.30. The summed E-state index contributed by atoms with van der Waals surface area (Å²) in [5, 5.41) is 9.60. The van der Waals surface area contributed by atoms with Gasteiger partial charge in [0.15, 0.2) is 6.61 Å². The van der Waals surface area contributed by atoms with E-state index in [0.717, 1.165) is 12.8 Å². The highest BCUT2D eigenvalue weighted by Crippen LogP contribution is 2.11. The molecule has 1 unspecified atom stereocenters. The zero-order chi connectivity index (χ0) is 15.1. The fraction of sp³-hybridized carbons (Fsp3) is 0.824. The molecule has 0 aliphatic heterocycles. The van der Waals surface area contributed by atoms with Gasteiger partial charge in [-0.15, -0.1) is 0 Å². The second-order valence-electron chi connectivity index (χ2n) is 5.23. The average Bonchev–Trinajstić information content (AvgIpc) is 2.41. The van der Waals surface area contributed by atoms with E-state index in [9.17, 15) is 9.90 Å². The van der Waals surface area contributed by atoms with E-state index in [1.54, 1.807) is 0 Å². The van der Waals surface area contributed by atoms with E-state index in [-0.39, 0.29) is 12.6 Å². The summed E-state index contributed by atoms with van der Waals surface area (Å²) in [6.07, 6.45) is 11.6. The maximum absolute atomic E-state index is 10.5. The van der Waals surface area contributed by atoms with Gasteiger partial charge in [-0.1, -0.05) is 70.1 Å². The van der Waals surface area contributed by atoms with Crippen LogP contribution < -0.4 is 0 Å². The first kappa shape index (κ1) is 19.0. The lowest BCUT2D eigenvalue weighted by Crippen LogP contribution is -2.04. The molecule has 0 aliphatic carbocycles. The van der Waals surface area contributed by atoms with Gasteiger partial charge in [0.25, 0.3) is 0 Å². The third-order valence-corrected chi connectivity index (χ3v) is 3.20. The number of aliphatic hydroxyl groups excluding tert-OH is 1. The van der Waals surface area contributed by atoms with Crippen LogP contribution in [0.2, 0.25) is 0 Å². The van der Waals surface area contributed by atoms with Gasteiger partial charge in [0, 0.05) is 6.92 Å². The maximum Gasteiger partial charge on any atom is 0.303 e. The van der Waals surface area contributed by atoms with Gasteiger partial charge in [0.1, 0.15) is 6.10 Å². The van der Waals surface area contributed by atoms with Crippen molar-refractivity contribution in [3.05, 3.63) is 0 Å². The Morgan fingerprint density at radius 2 is 1.60 bits per heavy atom. The predicted octanol–water partition coefficient (Wildman–Crippen LogP) is 3.83. The van der Waals surface area contributed by atoms with Gasteiger partial charge in [-0.25, -0.2) is 0 Å². The smallest absolute Gasteiger partial charge is 0.303 e. The second kappa shape index (κ2) is 14.4. The zero-order valence-electron chi connectivity index (χ0n) is 13.1. The Kier molecular flexibility index (Phi) is 13.7. The number of carbonyl (C=O) groups excluding carboxylic acids is 1. The molecule has 3 heteroatoms. The minimum Gasteiger partial charge on any atom is -0.453 e. The van der Waals surface area contributed by atoms with E-state index in [0.29, 0.717) is 6.42 Å². The molecule has 1 atom stereocenters. The van der Waals surface area contributed by atoms with Crippen LogP contribution in [0, 0.1) is 11.8 Å². The van der Waals surface area contributed by atoms with E-state index in [1.807, 2.05) is 0 Å². The third-order valence-electron chi connectivity index (χ3n) is 3.20. The molecule has 0 heterocycles. The molecule has 3 nitrogen and oxygen atoms in total. The highest BCUT2D eigenvalue weighted by Gasteiger charge is 1.99. The maximum atomic E-state index is 10.5. The third kappa shape index (κ3) is 15.0. The standard InChI is InChI=1S/C17H30O3/c1-3-4-5-6-7-8-9-10-11-13-17(19)14-12-15-20-16(2)18/h17,19H,3-11,13,15H2,1-2H3. The molecule has 0 aromatic carbocycles. The molecule has 0 radical (unpaired) electrons. The van der Waals surface area contributed by atoms with Crippen molar-refractivity contribution in [2.24, 2.45) is 0 Å². The number of unbranched alkanes of at least 4 members (excludes halogenated alkanes) is 8. The van der Waals surface area contributed by atoms with Crippen molar-refractivity contribution in [3.8, 4) is 11.8 Å². The van der Waals surface area contributed by atoms with Crippen molar-refractivity contribution in [3.63, 3.8) is 0 Å². The number of carbonyl (C=O) groups is 1. The lowest BCUT2D eigenvalue weighted by Gasteiger charge is -2.04. The number of hydrogen-bond acceptors (Lipinski definition) is 3. The molecule has 1 N–H and O–H groups in total. The molecule has 0 bridgehead atoms. The van der Waals surface area contributed by atoms with E-state index >= 15 is 0 Å². The summed E-state index contributed by atoms with van der Waals surface area (Å²) in [5.41, 5.74) is 0. The molecule has 0 aliphatic rings. The van der Waals surface area contributed by atoms with Crippen LogP contribution in [0.15, 0.2) is 0 Å². The van der Waals surface area contributed by atoms with Crippen LogP contribution in [0.4, 0.5) is 0 Å². The Bertz CT molecular complexity index is 288. The fourth-order valence-corrected chi connectivity index (χ4v) is 2.02. The number of esters is 1. The highest BCUT2D eigenvalue weighted by molar-refractivity contribution is 5.66. The Morgan fingerprint density at radius 3 is 2.15 bits per heavy atom. The number of ether oxygens (including phenoxy) is 1. The molecule has 0 fully saturated rings. The molecule has 20 heavy (non-hydrogen) atoms. The SMILES string of the molecule is CCCCCCCCCCCC(O)C#CCOC(C)=O. The van der Waals surface area contributed by atoms with Crippen molar-refractivity contribution >= 4 is 5.97 Å². The molecular weight excluding hydrogens is 252 g/mol. The monoisotopic (exact) mass is 282 g/mol. The molecule has 0 saturated carbocycles. The zero-order valence-corrected chi connectivity index (χ0v) is 13.1.